The molecule has 4 aromatic rings. The van der Waals surface area contributed by atoms with Gasteiger partial charge in [-0.3, -0.25) is 0 Å². The van der Waals surface area contributed by atoms with Crippen LogP contribution in [0.4, 0.5) is 0 Å². The molecule has 0 saturated carbocycles. The summed E-state index contributed by atoms with van der Waals surface area (Å²) in [6.07, 6.45) is 3.89. The zero-order valence-electron chi connectivity index (χ0n) is 18.9. The van der Waals surface area contributed by atoms with Crippen molar-refractivity contribution in [3.63, 3.8) is 0 Å². The Kier molecular flexibility index (Phi) is 6.36. The maximum absolute atomic E-state index is 12.9. The summed E-state index contributed by atoms with van der Waals surface area (Å²) in [5.74, 6) is 2.92. The van der Waals surface area contributed by atoms with Crippen molar-refractivity contribution < 1.29 is 23.4 Å². The molecule has 0 fully saturated rings. The van der Waals surface area contributed by atoms with Crippen molar-refractivity contribution in [2.45, 2.75) is 0 Å². The van der Waals surface area contributed by atoms with Crippen molar-refractivity contribution in [1.29, 1.82) is 0 Å². The third-order valence-corrected chi connectivity index (χ3v) is 5.38. The van der Waals surface area contributed by atoms with Crippen LogP contribution in [-0.2, 0) is 0 Å². The topological polar surface area (TPSA) is 67.1 Å². The summed E-state index contributed by atoms with van der Waals surface area (Å²) in [7, 11) is 6.33. The predicted molar refractivity (Wildman–Crippen MR) is 129 cm³/mol. The number of hydrogen-bond acceptors (Lipinski definition) is 6. The van der Waals surface area contributed by atoms with Crippen LogP contribution >= 0.6 is 0 Å². The minimum atomic E-state index is -0.460. The highest BCUT2D eigenvalue weighted by Gasteiger charge is 2.17. The third-order valence-electron chi connectivity index (χ3n) is 5.38. The highest BCUT2D eigenvalue weighted by molar-refractivity contribution is 5.98. The van der Waals surface area contributed by atoms with Crippen LogP contribution in [-0.4, -0.2) is 28.4 Å². The van der Waals surface area contributed by atoms with E-state index >= 15 is 0 Å². The lowest BCUT2D eigenvalue weighted by molar-refractivity contribution is 0.355. The molecule has 1 aromatic heterocycles. The molecule has 0 radical (unpaired) electrons. The summed E-state index contributed by atoms with van der Waals surface area (Å²) < 4.78 is 27.2. The Morgan fingerprint density at radius 3 is 1.76 bits per heavy atom. The summed E-state index contributed by atoms with van der Waals surface area (Å²) in [6, 6.07) is 18.5. The molecule has 0 saturated heterocycles. The molecule has 0 unspecified atom stereocenters. The Balaban J connectivity index is 1.96. The Bertz CT molecular complexity index is 1350. The molecule has 0 spiro atoms. The summed E-state index contributed by atoms with van der Waals surface area (Å²) >= 11 is 0. The van der Waals surface area contributed by atoms with E-state index in [2.05, 4.69) is 0 Å². The molecule has 0 amide bonds. The normalized spacial score (nSPS) is 11.0. The molecule has 0 aliphatic heterocycles. The maximum Gasteiger partial charge on any atom is 0.344 e. The molecular formula is C27H24O6. The molecule has 33 heavy (non-hydrogen) atoms. The van der Waals surface area contributed by atoms with Crippen molar-refractivity contribution >= 4 is 22.9 Å². The first-order valence-electron chi connectivity index (χ1n) is 10.3. The van der Waals surface area contributed by atoms with Crippen LogP contribution in [0.5, 0.6) is 23.0 Å². The van der Waals surface area contributed by atoms with Gasteiger partial charge in [-0.2, -0.15) is 0 Å². The Morgan fingerprint density at radius 2 is 1.21 bits per heavy atom. The van der Waals surface area contributed by atoms with Gasteiger partial charge in [0.15, 0.2) is 11.5 Å². The van der Waals surface area contributed by atoms with Gasteiger partial charge in [-0.25, -0.2) is 4.79 Å². The van der Waals surface area contributed by atoms with Crippen molar-refractivity contribution in [2.24, 2.45) is 0 Å². The van der Waals surface area contributed by atoms with E-state index in [-0.39, 0.29) is 0 Å². The van der Waals surface area contributed by atoms with Crippen LogP contribution in [0.3, 0.4) is 0 Å². The minimum absolute atomic E-state index is 0.402. The zero-order chi connectivity index (χ0) is 23.4. The second-order valence-corrected chi connectivity index (χ2v) is 7.22. The van der Waals surface area contributed by atoms with Gasteiger partial charge in [0.25, 0.3) is 0 Å². The van der Waals surface area contributed by atoms with Crippen LogP contribution in [0.1, 0.15) is 11.1 Å². The maximum atomic E-state index is 12.9. The van der Waals surface area contributed by atoms with Gasteiger partial charge in [0.1, 0.15) is 17.3 Å². The average Bonchev–Trinajstić information content (AvgIpc) is 2.87. The predicted octanol–water partition coefficient (Wildman–Crippen LogP) is 5.66. The van der Waals surface area contributed by atoms with Gasteiger partial charge in [0.2, 0.25) is 0 Å². The SMILES string of the molecule is COc1ccc(/C=C/c2c(-c3ccc(OC)cc3)oc(=O)c3cc(OC)c(OC)cc23)cc1. The first kappa shape index (κ1) is 22.0. The molecule has 1 heterocycles. The average molecular weight is 444 g/mol. The van der Waals surface area contributed by atoms with Crippen LogP contribution in [0.25, 0.3) is 34.2 Å². The highest BCUT2D eigenvalue weighted by atomic mass is 16.5. The second-order valence-electron chi connectivity index (χ2n) is 7.22. The fourth-order valence-corrected chi connectivity index (χ4v) is 3.61. The van der Waals surface area contributed by atoms with Crippen molar-refractivity contribution in [2.75, 3.05) is 28.4 Å². The summed E-state index contributed by atoms with van der Waals surface area (Å²) in [5, 5.41) is 1.10. The lowest BCUT2D eigenvalue weighted by Gasteiger charge is -2.13. The molecule has 6 nitrogen and oxygen atoms in total. The molecule has 0 atom stereocenters. The smallest absolute Gasteiger partial charge is 0.344 e. The van der Waals surface area contributed by atoms with E-state index in [0.717, 1.165) is 22.4 Å². The molecule has 4 rings (SSSR count). The van der Waals surface area contributed by atoms with E-state index in [1.165, 1.54) is 7.11 Å². The van der Waals surface area contributed by atoms with Gasteiger partial charge in [-0.15, -0.1) is 0 Å². The first-order valence-corrected chi connectivity index (χ1v) is 10.3. The van der Waals surface area contributed by atoms with Gasteiger partial charge in [0, 0.05) is 16.5 Å². The number of hydrogen-bond donors (Lipinski definition) is 0. The van der Waals surface area contributed by atoms with Gasteiger partial charge in [-0.05, 0) is 60.2 Å². The van der Waals surface area contributed by atoms with Crippen LogP contribution in [0.15, 0.2) is 69.9 Å². The quantitative estimate of drug-likeness (QED) is 0.366. The van der Waals surface area contributed by atoms with Crippen LogP contribution in [0, 0.1) is 0 Å². The van der Waals surface area contributed by atoms with E-state index in [0.29, 0.717) is 33.8 Å². The van der Waals surface area contributed by atoms with Crippen molar-refractivity contribution in [1.82, 2.24) is 0 Å². The van der Waals surface area contributed by atoms with E-state index in [9.17, 15) is 4.79 Å². The number of fused-ring (bicyclic) bond motifs is 1. The summed E-state index contributed by atoms with van der Waals surface area (Å²) in [4.78, 5) is 12.9. The first-order chi connectivity index (χ1) is 16.1. The van der Waals surface area contributed by atoms with E-state index in [4.69, 9.17) is 23.4 Å². The summed E-state index contributed by atoms with van der Waals surface area (Å²) in [6.45, 7) is 0. The van der Waals surface area contributed by atoms with Crippen LogP contribution in [0.2, 0.25) is 0 Å². The summed E-state index contributed by atoms with van der Waals surface area (Å²) in [5.41, 5.74) is 2.00. The molecule has 0 bridgehead atoms. The minimum Gasteiger partial charge on any atom is -0.497 e. The number of benzene rings is 3. The molecule has 6 heteroatoms. The fraction of sp³-hybridized carbons (Fsp3) is 0.148. The second kappa shape index (κ2) is 9.53. The van der Waals surface area contributed by atoms with Gasteiger partial charge < -0.3 is 23.4 Å². The Morgan fingerprint density at radius 1 is 0.667 bits per heavy atom. The van der Waals surface area contributed by atoms with Gasteiger partial charge >= 0.3 is 5.63 Å². The molecule has 3 aromatic carbocycles. The number of methoxy groups -OCH3 is 4. The van der Waals surface area contributed by atoms with Gasteiger partial charge in [-0.1, -0.05) is 18.2 Å². The molecule has 168 valence electrons. The number of ether oxygens (including phenoxy) is 4. The molecular weight excluding hydrogens is 420 g/mol. The van der Waals surface area contributed by atoms with Crippen molar-refractivity contribution in [3.8, 4) is 34.3 Å². The highest BCUT2D eigenvalue weighted by Crippen LogP contribution is 2.37. The lowest BCUT2D eigenvalue weighted by atomic mass is 9.99. The van der Waals surface area contributed by atoms with Crippen molar-refractivity contribution in [3.05, 3.63) is 82.2 Å². The standard InChI is InChI=1S/C27H24O6/c1-29-19-10-5-17(6-11-19)7-14-21-22-15-24(31-3)25(32-4)16-23(22)27(28)33-26(21)18-8-12-20(30-2)13-9-18/h5-16H,1-4H3/b14-7+. The van der Waals surface area contributed by atoms with E-state index in [1.807, 2.05) is 60.7 Å². The molecule has 0 aliphatic rings. The lowest BCUT2D eigenvalue weighted by Crippen LogP contribution is -2.04. The third kappa shape index (κ3) is 4.41. The van der Waals surface area contributed by atoms with E-state index < -0.39 is 5.63 Å². The van der Waals surface area contributed by atoms with Crippen LogP contribution < -0.4 is 24.6 Å². The number of rotatable bonds is 7. The Hall–Kier alpha value is -4.19. The monoisotopic (exact) mass is 444 g/mol. The zero-order valence-corrected chi connectivity index (χ0v) is 18.9. The Labute approximate surface area is 191 Å². The molecule has 0 aliphatic carbocycles. The molecule has 0 N–H and O–H groups in total. The van der Waals surface area contributed by atoms with Gasteiger partial charge in [0.05, 0.1) is 33.8 Å². The fourth-order valence-electron chi connectivity index (χ4n) is 3.61. The van der Waals surface area contributed by atoms with E-state index in [1.54, 1.807) is 33.5 Å². The largest absolute Gasteiger partial charge is 0.497 e.